The van der Waals surface area contributed by atoms with Crippen molar-refractivity contribution in [3.05, 3.63) is 10.1 Å². The van der Waals surface area contributed by atoms with E-state index in [0.717, 1.165) is 32.4 Å². The van der Waals surface area contributed by atoms with Crippen LogP contribution in [0.2, 0.25) is 0 Å². The molecule has 0 radical (unpaired) electrons. The summed E-state index contributed by atoms with van der Waals surface area (Å²) < 4.78 is 5.51. The molecule has 0 bridgehead atoms. The minimum absolute atomic E-state index is 0.0419. The molecule has 1 atom stereocenters. The summed E-state index contributed by atoms with van der Waals surface area (Å²) in [5.74, 6) is 0.274. The van der Waals surface area contributed by atoms with Crippen LogP contribution in [0.4, 0.5) is 23.3 Å². The smallest absolute Gasteiger partial charge is 0.353 e. The van der Waals surface area contributed by atoms with Crippen LogP contribution in [0.5, 0.6) is 0 Å². The molecule has 0 unspecified atom stereocenters. The van der Waals surface area contributed by atoms with Crippen LogP contribution in [-0.2, 0) is 4.74 Å². The fourth-order valence-corrected chi connectivity index (χ4v) is 2.51. The fourth-order valence-electron chi connectivity index (χ4n) is 2.51. The number of nitrogen functional groups attached to an aromatic ring is 1. The van der Waals surface area contributed by atoms with Gasteiger partial charge in [0.25, 0.3) is 0 Å². The van der Waals surface area contributed by atoms with E-state index in [0.29, 0.717) is 19.0 Å². The Hall–Kier alpha value is -2.20. The van der Waals surface area contributed by atoms with Gasteiger partial charge in [-0.15, -0.1) is 0 Å². The molecular weight excluding hydrogens is 314 g/mol. The molecule has 0 aliphatic carbocycles. The zero-order chi connectivity index (χ0) is 17.5. The zero-order valence-corrected chi connectivity index (χ0v) is 14.2. The van der Waals surface area contributed by atoms with Crippen LogP contribution < -0.4 is 21.3 Å². The maximum Gasteiger partial charge on any atom is 0.353 e. The van der Waals surface area contributed by atoms with Gasteiger partial charge in [-0.25, -0.2) is 0 Å². The predicted molar refractivity (Wildman–Crippen MR) is 91.3 cm³/mol. The second kappa shape index (κ2) is 8.60. The van der Waals surface area contributed by atoms with Crippen molar-refractivity contribution in [1.29, 1.82) is 0 Å². The number of nitrogens with one attached hydrogen (secondary N) is 3. The van der Waals surface area contributed by atoms with E-state index in [2.05, 4.69) is 34.7 Å². The van der Waals surface area contributed by atoms with Crippen molar-refractivity contribution in [3.8, 4) is 0 Å². The van der Waals surface area contributed by atoms with Gasteiger partial charge in [0.2, 0.25) is 17.6 Å². The Kier molecular flexibility index (Phi) is 6.50. The number of nitro groups is 1. The van der Waals surface area contributed by atoms with Crippen molar-refractivity contribution < 1.29 is 14.6 Å². The van der Waals surface area contributed by atoms with Crippen LogP contribution in [0, 0.1) is 10.1 Å². The minimum atomic E-state index is -0.563. The molecule has 0 saturated carbocycles. The highest BCUT2D eigenvalue weighted by Gasteiger charge is 2.24. The summed E-state index contributed by atoms with van der Waals surface area (Å²) in [6.45, 7) is 2.86. The van der Waals surface area contributed by atoms with E-state index >= 15 is 0 Å². The van der Waals surface area contributed by atoms with Gasteiger partial charge in [0, 0.05) is 26.1 Å². The summed E-state index contributed by atoms with van der Waals surface area (Å²) in [7, 11) is 4.15. The third kappa shape index (κ3) is 5.17. The van der Waals surface area contributed by atoms with Crippen molar-refractivity contribution in [3.63, 3.8) is 0 Å². The Morgan fingerprint density at radius 2 is 2.21 bits per heavy atom. The van der Waals surface area contributed by atoms with Gasteiger partial charge in [0.05, 0.1) is 31.7 Å². The van der Waals surface area contributed by atoms with E-state index in [-0.39, 0.29) is 23.4 Å². The highest BCUT2D eigenvalue weighted by Crippen LogP contribution is 2.29. The largest absolute Gasteiger partial charge is 0.378 e. The van der Waals surface area contributed by atoms with Gasteiger partial charge in [0.1, 0.15) is 0 Å². The van der Waals surface area contributed by atoms with Gasteiger partial charge in [-0.2, -0.15) is 9.97 Å². The normalized spacial score (nSPS) is 17.2. The Morgan fingerprint density at radius 1 is 1.42 bits per heavy atom. The molecule has 2 heterocycles. The first kappa shape index (κ1) is 18.1. The molecule has 5 N–H and O–H groups in total. The van der Waals surface area contributed by atoms with E-state index in [1.54, 1.807) is 0 Å². The summed E-state index contributed by atoms with van der Waals surface area (Å²) in [5.41, 5.74) is 5.46. The number of quaternary nitrogens is 1. The number of ether oxygens (including phenoxy) is 1. The molecule has 24 heavy (non-hydrogen) atoms. The Bertz CT molecular complexity index is 562. The van der Waals surface area contributed by atoms with E-state index in [4.69, 9.17) is 10.5 Å². The van der Waals surface area contributed by atoms with Gasteiger partial charge in [-0.05, 0) is 12.8 Å². The number of hydrogen-bond acceptors (Lipinski definition) is 8. The quantitative estimate of drug-likeness (QED) is 0.269. The molecule has 1 aliphatic heterocycles. The second-order valence-electron chi connectivity index (χ2n) is 6.14. The van der Waals surface area contributed by atoms with E-state index < -0.39 is 4.92 Å². The van der Waals surface area contributed by atoms with Gasteiger partial charge >= 0.3 is 5.69 Å². The molecule has 1 saturated heterocycles. The van der Waals surface area contributed by atoms with Crippen molar-refractivity contribution in [1.82, 2.24) is 9.97 Å². The number of aromatic nitrogens is 2. The molecule has 2 rings (SSSR count). The molecule has 1 aliphatic rings. The third-order valence-corrected chi connectivity index (χ3v) is 3.75. The average Bonchev–Trinajstić information content (AvgIpc) is 3.02. The first-order valence-corrected chi connectivity index (χ1v) is 8.17. The second-order valence-corrected chi connectivity index (χ2v) is 6.14. The number of hydrogen-bond donors (Lipinski definition) is 4. The lowest BCUT2D eigenvalue weighted by molar-refractivity contribution is -0.858. The summed E-state index contributed by atoms with van der Waals surface area (Å²) in [5, 5.41) is 17.3. The topological polar surface area (TPSA) is 133 Å². The maximum absolute atomic E-state index is 11.2. The first-order valence-electron chi connectivity index (χ1n) is 8.17. The van der Waals surface area contributed by atoms with Crippen LogP contribution in [0.3, 0.4) is 0 Å². The number of nitrogens with two attached hydrogens (primary N) is 1. The van der Waals surface area contributed by atoms with E-state index in [1.807, 2.05) is 0 Å². The van der Waals surface area contributed by atoms with Crippen LogP contribution in [0.1, 0.15) is 19.3 Å². The molecule has 0 spiro atoms. The van der Waals surface area contributed by atoms with Crippen molar-refractivity contribution in [2.75, 3.05) is 56.7 Å². The highest BCUT2D eigenvalue weighted by molar-refractivity contribution is 5.69. The van der Waals surface area contributed by atoms with Crippen molar-refractivity contribution in [2.24, 2.45) is 0 Å². The summed E-state index contributed by atoms with van der Waals surface area (Å²) in [6, 6.07) is 0. The van der Waals surface area contributed by atoms with Crippen LogP contribution in [-0.4, -0.2) is 61.3 Å². The molecule has 134 valence electrons. The zero-order valence-electron chi connectivity index (χ0n) is 14.2. The van der Waals surface area contributed by atoms with Gasteiger partial charge in [0.15, 0.2) is 0 Å². The Balaban J connectivity index is 2.04. The van der Waals surface area contributed by atoms with Crippen molar-refractivity contribution in [2.45, 2.75) is 25.4 Å². The summed E-state index contributed by atoms with van der Waals surface area (Å²) in [4.78, 5) is 20.2. The first-order chi connectivity index (χ1) is 11.5. The standard InChI is InChI=1S/C14H25N7O3/c1-20(2)7-4-6-16-14-18-12(15)11(21(22)23)13(19-14)17-9-10-5-3-8-24-10/h10H,3-9H2,1-2H3,(H4,15,16,17,18,19)/p+1/t10-/m0/s1. The lowest BCUT2D eigenvalue weighted by atomic mass is 10.2. The SMILES string of the molecule is C[NH+](C)CCCNc1nc(N)c([N+](=O)[O-])c(NC[C@@H]2CCCO2)n1. The summed E-state index contributed by atoms with van der Waals surface area (Å²) >= 11 is 0. The summed E-state index contributed by atoms with van der Waals surface area (Å²) in [6.07, 6.45) is 2.90. The number of nitrogens with zero attached hydrogens (tertiary/aromatic N) is 3. The van der Waals surface area contributed by atoms with Crippen LogP contribution in [0.25, 0.3) is 0 Å². The number of anilines is 3. The van der Waals surface area contributed by atoms with Gasteiger partial charge in [-0.1, -0.05) is 0 Å². The molecule has 0 aromatic carbocycles. The van der Waals surface area contributed by atoms with E-state index in [1.165, 1.54) is 4.90 Å². The molecule has 1 fully saturated rings. The highest BCUT2D eigenvalue weighted by atomic mass is 16.6. The third-order valence-electron chi connectivity index (χ3n) is 3.75. The van der Waals surface area contributed by atoms with Crippen molar-refractivity contribution >= 4 is 23.3 Å². The molecule has 10 heteroatoms. The molecule has 0 amide bonds. The minimum Gasteiger partial charge on any atom is -0.378 e. The number of rotatable bonds is 9. The lowest BCUT2D eigenvalue weighted by Gasteiger charge is -2.13. The van der Waals surface area contributed by atoms with Crippen LogP contribution >= 0.6 is 0 Å². The average molecular weight is 340 g/mol. The van der Waals surface area contributed by atoms with Gasteiger partial charge in [-0.3, -0.25) is 10.1 Å². The Labute approximate surface area is 140 Å². The fraction of sp³-hybridized carbons (Fsp3) is 0.714. The predicted octanol–water partition coefficient (Wildman–Crippen LogP) is -0.496. The molecular formula is C14H26N7O3+. The van der Waals surface area contributed by atoms with Crippen LogP contribution in [0.15, 0.2) is 0 Å². The molecule has 1 aromatic heterocycles. The lowest BCUT2D eigenvalue weighted by Crippen LogP contribution is -3.05. The van der Waals surface area contributed by atoms with E-state index in [9.17, 15) is 10.1 Å². The Morgan fingerprint density at radius 3 is 2.83 bits per heavy atom. The maximum atomic E-state index is 11.2. The van der Waals surface area contributed by atoms with Gasteiger partial charge < -0.3 is 26.0 Å². The monoisotopic (exact) mass is 340 g/mol. The molecule has 1 aromatic rings. The molecule has 10 nitrogen and oxygen atoms in total.